The fourth-order valence-electron chi connectivity index (χ4n) is 3.01. The number of hydrogen-bond acceptors (Lipinski definition) is 4. The van der Waals surface area contributed by atoms with Crippen LogP contribution in [0.2, 0.25) is 0 Å². The molecule has 0 bridgehead atoms. The number of morpholine rings is 1. The molecule has 0 aromatic carbocycles. The van der Waals surface area contributed by atoms with E-state index in [-0.39, 0.29) is 19.1 Å². The lowest BCUT2D eigenvalue weighted by atomic mass is 9.88. The monoisotopic (exact) mass is 309 g/mol. The van der Waals surface area contributed by atoms with E-state index < -0.39 is 12.1 Å². The van der Waals surface area contributed by atoms with Gasteiger partial charge >= 0.3 is 5.97 Å². The number of carboxylic acids is 1. The Kier molecular flexibility index (Phi) is 3.99. The number of nitrogens with zero attached hydrogens (tertiary/aromatic N) is 1. The van der Waals surface area contributed by atoms with Gasteiger partial charge in [-0.2, -0.15) is 0 Å². The van der Waals surface area contributed by atoms with E-state index in [1.54, 1.807) is 16.2 Å². The summed E-state index contributed by atoms with van der Waals surface area (Å²) < 4.78 is 5.17. The average Bonchev–Trinajstić information content (AvgIpc) is 2.89. The first-order valence-corrected chi connectivity index (χ1v) is 8.17. The van der Waals surface area contributed by atoms with Crippen LogP contribution in [0.5, 0.6) is 0 Å². The third-order valence-corrected chi connectivity index (χ3v) is 5.31. The maximum Gasteiger partial charge on any atom is 0.334 e. The molecule has 1 aromatic heterocycles. The summed E-state index contributed by atoms with van der Waals surface area (Å²) in [6, 6.07) is 0. The van der Waals surface area contributed by atoms with E-state index in [9.17, 15) is 9.59 Å². The highest BCUT2D eigenvalue weighted by Crippen LogP contribution is 2.33. The SMILES string of the molecule is C[C@@H]1CCc2c(C(=O)N3CCO[C@@H](C(=O)O)C3)csc2C1. The van der Waals surface area contributed by atoms with Gasteiger partial charge in [-0.25, -0.2) is 4.79 Å². The molecule has 2 atom stereocenters. The van der Waals surface area contributed by atoms with Gasteiger partial charge in [0.25, 0.3) is 5.91 Å². The number of hydrogen-bond donors (Lipinski definition) is 1. The van der Waals surface area contributed by atoms with Crippen molar-refractivity contribution in [3.05, 3.63) is 21.4 Å². The number of carbonyl (C=O) groups excluding carboxylic acids is 1. The van der Waals surface area contributed by atoms with E-state index in [1.165, 1.54) is 10.4 Å². The molecular weight excluding hydrogens is 290 g/mol. The maximum absolute atomic E-state index is 12.7. The molecule has 0 spiro atoms. The second-order valence-electron chi connectivity index (χ2n) is 5.85. The highest BCUT2D eigenvalue weighted by atomic mass is 32.1. The Morgan fingerprint density at radius 1 is 1.48 bits per heavy atom. The van der Waals surface area contributed by atoms with Crippen molar-refractivity contribution in [1.29, 1.82) is 0 Å². The first kappa shape index (κ1) is 14.5. The van der Waals surface area contributed by atoms with Gasteiger partial charge in [0.05, 0.1) is 18.7 Å². The molecule has 1 aromatic rings. The summed E-state index contributed by atoms with van der Waals surface area (Å²) in [5, 5.41) is 11.0. The molecule has 0 radical (unpaired) electrons. The number of carbonyl (C=O) groups is 2. The number of amides is 1. The summed E-state index contributed by atoms with van der Waals surface area (Å²) in [4.78, 5) is 26.6. The lowest BCUT2D eigenvalue weighted by molar-refractivity contribution is -0.154. The lowest BCUT2D eigenvalue weighted by Gasteiger charge is -2.31. The Labute approximate surface area is 127 Å². The minimum atomic E-state index is -1.01. The molecular formula is C15H19NO4S. The van der Waals surface area contributed by atoms with Crippen LogP contribution in [0.25, 0.3) is 0 Å². The summed E-state index contributed by atoms with van der Waals surface area (Å²) in [5.41, 5.74) is 1.95. The number of carboxylic acid groups (broad SMARTS) is 1. The van der Waals surface area contributed by atoms with Gasteiger partial charge in [0.2, 0.25) is 0 Å². The van der Waals surface area contributed by atoms with Gasteiger partial charge in [0, 0.05) is 16.8 Å². The van der Waals surface area contributed by atoms with Gasteiger partial charge in [-0.15, -0.1) is 11.3 Å². The molecule has 1 aliphatic heterocycles. The highest BCUT2D eigenvalue weighted by Gasteiger charge is 2.32. The zero-order chi connectivity index (χ0) is 15.0. The molecule has 2 aliphatic rings. The second kappa shape index (κ2) is 5.77. The summed E-state index contributed by atoms with van der Waals surface area (Å²) in [5.74, 6) is -0.371. The quantitative estimate of drug-likeness (QED) is 0.904. The van der Waals surface area contributed by atoms with Crippen LogP contribution in [0.3, 0.4) is 0 Å². The second-order valence-corrected chi connectivity index (χ2v) is 6.81. The Bertz CT molecular complexity index is 568. The van der Waals surface area contributed by atoms with Crippen molar-refractivity contribution >= 4 is 23.2 Å². The largest absolute Gasteiger partial charge is 0.479 e. The van der Waals surface area contributed by atoms with Crippen molar-refractivity contribution in [1.82, 2.24) is 4.90 Å². The molecule has 1 amide bonds. The first-order valence-electron chi connectivity index (χ1n) is 7.29. The topological polar surface area (TPSA) is 66.8 Å². The minimum Gasteiger partial charge on any atom is -0.479 e. The van der Waals surface area contributed by atoms with Crippen LogP contribution in [-0.4, -0.2) is 47.7 Å². The van der Waals surface area contributed by atoms with Crippen LogP contribution in [0.4, 0.5) is 0 Å². The number of thiophene rings is 1. The van der Waals surface area contributed by atoms with Gasteiger partial charge in [0.15, 0.2) is 6.10 Å². The molecule has 1 aliphatic carbocycles. The van der Waals surface area contributed by atoms with Crippen LogP contribution < -0.4 is 0 Å². The smallest absolute Gasteiger partial charge is 0.334 e. The van der Waals surface area contributed by atoms with E-state index in [0.717, 1.165) is 24.8 Å². The van der Waals surface area contributed by atoms with Crippen molar-refractivity contribution < 1.29 is 19.4 Å². The zero-order valence-corrected chi connectivity index (χ0v) is 12.8. The summed E-state index contributed by atoms with van der Waals surface area (Å²) in [6.45, 7) is 3.12. The Hall–Kier alpha value is -1.40. The third kappa shape index (κ3) is 2.82. The number of rotatable bonds is 2. The standard InChI is InChI=1S/C15H19NO4S/c1-9-2-3-10-11(8-21-13(10)6-9)14(17)16-4-5-20-12(7-16)15(18)19/h8-9,12H,2-7H2,1H3,(H,18,19)/t9-,12-/m1/s1. The van der Waals surface area contributed by atoms with E-state index in [4.69, 9.17) is 9.84 Å². The van der Waals surface area contributed by atoms with Crippen molar-refractivity contribution in [3.63, 3.8) is 0 Å². The highest BCUT2D eigenvalue weighted by molar-refractivity contribution is 7.10. The normalized spacial score (nSPS) is 25.5. The molecule has 114 valence electrons. The van der Waals surface area contributed by atoms with Gasteiger partial charge < -0.3 is 14.7 Å². The van der Waals surface area contributed by atoms with Crippen LogP contribution in [0.1, 0.15) is 34.1 Å². The number of fused-ring (bicyclic) bond motifs is 1. The van der Waals surface area contributed by atoms with Gasteiger partial charge in [0.1, 0.15) is 0 Å². The van der Waals surface area contributed by atoms with E-state index in [0.29, 0.717) is 12.5 Å². The summed E-state index contributed by atoms with van der Waals surface area (Å²) in [6.07, 6.45) is 2.21. The average molecular weight is 309 g/mol. The van der Waals surface area contributed by atoms with Crippen LogP contribution in [0.15, 0.2) is 5.38 Å². The van der Waals surface area contributed by atoms with Gasteiger partial charge in [-0.05, 0) is 30.7 Å². The van der Waals surface area contributed by atoms with E-state index >= 15 is 0 Å². The predicted octanol–water partition coefficient (Wildman–Crippen LogP) is 1.80. The first-order chi connectivity index (χ1) is 10.1. The van der Waals surface area contributed by atoms with Gasteiger partial charge in [-0.3, -0.25) is 4.79 Å². The summed E-state index contributed by atoms with van der Waals surface area (Å²) in [7, 11) is 0. The predicted molar refractivity (Wildman–Crippen MR) is 78.8 cm³/mol. The van der Waals surface area contributed by atoms with E-state index in [2.05, 4.69) is 6.92 Å². The molecule has 0 saturated carbocycles. The van der Waals surface area contributed by atoms with Crippen molar-refractivity contribution in [2.24, 2.45) is 5.92 Å². The minimum absolute atomic E-state index is 0.0448. The zero-order valence-electron chi connectivity index (χ0n) is 12.0. The van der Waals surface area contributed by atoms with Crippen molar-refractivity contribution in [3.8, 4) is 0 Å². The molecule has 1 saturated heterocycles. The Morgan fingerprint density at radius 3 is 3.05 bits per heavy atom. The molecule has 0 unspecified atom stereocenters. The maximum atomic E-state index is 12.7. The molecule has 21 heavy (non-hydrogen) atoms. The molecule has 5 nitrogen and oxygen atoms in total. The number of ether oxygens (including phenoxy) is 1. The molecule has 3 rings (SSSR count). The fraction of sp³-hybridized carbons (Fsp3) is 0.600. The molecule has 1 fully saturated rings. The Balaban J connectivity index is 1.78. The van der Waals surface area contributed by atoms with Crippen molar-refractivity contribution in [2.75, 3.05) is 19.7 Å². The summed E-state index contributed by atoms with van der Waals surface area (Å²) >= 11 is 1.66. The molecule has 1 N–H and O–H groups in total. The number of aliphatic carboxylic acids is 1. The van der Waals surface area contributed by atoms with Crippen molar-refractivity contribution in [2.45, 2.75) is 32.3 Å². The van der Waals surface area contributed by atoms with Crippen LogP contribution in [0, 0.1) is 5.92 Å². The Morgan fingerprint density at radius 2 is 2.29 bits per heavy atom. The molecule has 6 heteroatoms. The molecule has 2 heterocycles. The fourth-order valence-corrected chi connectivity index (χ4v) is 4.25. The van der Waals surface area contributed by atoms with E-state index in [1.807, 2.05) is 5.38 Å². The van der Waals surface area contributed by atoms with Crippen LogP contribution in [-0.2, 0) is 22.4 Å². The third-order valence-electron chi connectivity index (χ3n) is 4.26. The lowest BCUT2D eigenvalue weighted by Crippen LogP contribution is -2.48. The van der Waals surface area contributed by atoms with Gasteiger partial charge in [-0.1, -0.05) is 6.92 Å². The van der Waals surface area contributed by atoms with Crippen LogP contribution >= 0.6 is 11.3 Å².